The zero-order valence-electron chi connectivity index (χ0n) is 9.67. The van der Waals surface area contributed by atoms with E-state index in [1.54, 1.807) is 30.3 Å². The van der Waals surface area contributed by atoms with Gasteiger partial charge in [0.05, 0.1) is 22.0 Å². The molecule has 0 aromatic heterocycles. The molecule has 0 heterocycles. The molecule has 0 atom stereocenters. The molecule has 2 rings (SSSR count). The summed E-state index contributed by atoms with van der Waals surface area (Å²) in [5.41, 5.74) is 1.95. The first-order valence-electron chi connectivity index (χ1n) is 5.33. The Morgan fingerprint density at radius 1 is 1.22 bits per heavy atom. The minimum Gasteiger partial charge on any atom is -0.352 e. The fourth-order valence-electron chi connectivity index (χ4n) is 1.61. The molecule has 0 fully saturated rings. The Labute approximate surface area is 110 Å². The minimum absolute atomic E-state index is 0.305. The molecule has 0 saturated heterocycles. The van der Waals surface area contributed by atoms with Crippen molar-refractivity contribution in [2.75, 3.05) is 5.32 Å². The van der Waals surface area contributed by atoms with Gasteiger partial charge in [0.15, 0.2) is 0 Å². The van der Waals surface area contributed by atoms with E-state index in [9.17, 15) is 4.39 Å². The lowest BCUT2D eigenvalue weighted by molar-refractivity contribution is 0.630. The van der Waals surface area contributed by atoms with Gasteiger partial charge in [-0.2, -0.15) is 5.26 Å². The van der Waals surface area contributed by atoms with E-state index in [1.165, 1.54) is 6.07 Å². The lowest BCUT2D eigenvalue weighted by Crippen LogP contribution is -1.97. The van der Waals surface area contributed by atoms with Crippen LogP contribution in [0.25, 0.3) is 0 Å². The number of hydrogen-bond acceptors (Lipinski definition) is 2. The Morgan fingerprint density at radius 3 is 2.67 bits per heavy atom. The molecule has 0 amide bonds. The van der Waals surface area contributed by atoms with Gasteiger partial charge in [-0.3, -0.25) is 0 Å². The van der Waals surface area contributed by atoms with Crippen LogP contribution in [0.2, 0.25) is 5.02 Å². The summed E-state index contributed by atoms with van der Waals surface area (Å²) in [7, 11) is 0. The molecule has 0 bridgehead atoms. The van der Waals surface area contributed by atoms with Crippen LogP contribution in [0, 0.1) is 24.1 Å². The number of aryl methyl sites for hydroxylation is 1. The van der Waals surface area contributed by atoms with Crippen LogP contribution in [0.3, 0.4) is 0 Å². The molecule has 0 aliphatic rings. The maximum absolute atomic E-state index is 13.7. The van der Waals surface area contributed by atoms with E-state index in [1.807, 2.05) is 13.0 Å². The highest BCUT2D eigenvalue weighted by Crippen LogP contribution is 2.27. The number of nitriles is 1. The molecule has 0 unspecified atom stereocenters. The highest BCUT2D eigenvalue weighted by Gasteiger charge is 2.08. The molecule has 4 heteroatoms. The first-order chi connectivity index (χ1) is 8.61. The summed E-state index contributed by atoms with van der Waals surface area (Å²) in [4.78, 5) is 0. The van der Waals surface area contributed by atoms with Gasteiger partial charge in [-0.15, -0.1) is 0 Å². The van der Waals surface area contributed by atoms with Crippen LogP contribution in [0.5, 0.6) is 0 Å². The van der Waals surface area contributed by atoms with Gasteiger partial charge in [-0.05, 0) is 36.8 Å². The molecule has 0 saturated carbocycles. The second kappa shape index (κ2) is 5.07. The van der Waals surface area contributed by atoms with Crippen molar-refractivity contribution in [2.45, 2.75) is 6.92 Å². The van der Waals surface area contributed by atoms with E-state index in [-0.39, 0.29) is 5.82 Å². The predicted molar refractivity (Wildman–Crippen MR) is 70.6 cm³/mol. The summed E-state index contributed by atoms with van der Waals surface area (Å²) in [6.45, 7) is 1.81. The second-order valence-corrected chi connectivity index (χ2v) is 4.29. The average molecular weight is 261 g/mol. The number of anilines is 2. The number of benzene rings is 2. The first-order valence-corrected chi connectivity index (χ1v) is 5.71. The number of nitrogens with one attached hydrogen (secondary N) is 1. The molecular formula is C14H10ClFN2. The van der Waals surface area contributed by atoms with Crippen molar-refractivity contribution in [3.8, 4) is 6.07 Å². The van der Waals surface area contributed by atoms with E-state index in [0.29, 0.717) is 22.0 Å². The molecule has 2 nitrogen and oxygen atoms in total. The van der Waals surface area contributed by atoms with Crippen molar-refractivity contribution in [3.63, 3.8) is 0 Å². The van der Waals surface area contributed by atoms with Gasteiger partial charge in [0.1, 0.15) is 11.9 Å². The highest BCUT2D eigenvalue weighted by atomic mass is 35.5. The number of nitrogens with zero attached hydrogens (tertiary/aromatic N) is 1. The maximum Gasteiger partial charge on any atom is 0.146 e. The Morgan fingerprint density at radius 2 is 2.00 bits per heavy atom. The zero-order chi connectivity index (χ0) is 13.1. The molecule has 0 radical (unpaired) electrons. The molecule has 2 aromatic rings. The standard InChI is InChI=1S/C14H10ClFN2/c1-9-5-6-14(12(16)7-9)18-13-4-2-3-11(15)10(13)8-17/h2-7,18H,1H3. The van der Waals surface area contributed by atoms with Crippen LogP contribution in [-0.4, -0.2) is 0 Å². The summed E-state index contributed by atoms with van der Waals surface area (Å²) < 4.78 is 13.7. The third-order valence-electron chi connectivity index (χ3n) is 2.52. The normalized spacial score (nSPS) is 9.89. The van der Waals surface area contributed by atoms with E-state index < -0.39 is 0 Å². The van der Waals surface area contributed by atoms with Crippen molar-refractivity contribution >= 4 is 23.0 Å². The van der Waals surface area contributed by atoms with Gasteiger partial charge in [0.25, 0.3) is 0 Å². The van der Waals surface area contributed by atoms with E-state index in [2.05, 4.69) is 5.32 Å². The van der Waals surface area contributed by atoms with Crippen LogP contribution in [0.4, 0.5) is 15.8 Å². The van der Waals surface area contributed by atoms with Gasteiger partial charge in [0, 0.05) is 0 Å². The van der Waals surface area contributed by atoms with Crippen LogP contribution < -0.4 is 5.32 Å². The monoisotopic (exact) mass is 260 g/mol. The molecule has 18 heavy (non-hydrogen) atoms. The minimum atomic E-state index is -0.362. The zero-order valence-corrected chi connectivity index (χ0v) is 10.4. The van der Waals surface area contributed by atoms with Gasteiger partial charge < -0.3 is 5.32 Å². The third kappa shape index (κ3) is 2.44. The molecule has 0 aliphatic carbocycles. The maximum atomic E-state index is 13.7. The van der Waals surface area contributed by atoms with Crippen molar-refractivity contribution in [2.24, 2.45) is 0 Å². The average Bonchev–Trinajstić information content (AvgIpc) is 2.33. The van der Waals surface area contributed by atoms with Crippen LogP contribution >= 0.6 is 11.6 Å². The van der Waals surface area contributed by atoms with Gasteiger partial charge in [-0.1, -0.05) is 23.7 Å². The van der Waals surface area contributed by atoms with Gasteiger partial charge in [-0.25, -0.2) is 4.39 Å². The third-order valence-corrected chi connectivity index (χ3v) is 2.83. The molecular weight excluding hydrogens is 251 g/mol. The van der Waals surface area contributed by atoms with Crippen LogP contribution in [0.1, 0.15) is 11.1 Å². The molecule has 0 aliphatic heterocycles. The topological polar surface area (TPSA) is 35.8 Å². The molecule has 1 N–H and O–H groups in total. The van der Waals surface area contributed by atoms with Gasteiger partial charge in [0.2, 0.25) is 0 Å². The highest BCUT2D eigenvalue weighted by molar-refractivity contribution is 6.32. The van der Waals surface area contributed by atoms with Crippen molar-refractivity contribution in [1.29, 1.82) is 5.26 Å². The summed E-state index contributed by atoms with van der Waals surface area (Å²) in [6, 6.07) is 11.9. The lowest BCUT2D eigenvalue weighted by Gasteiger charge is -2.10. The summed E-state index contributed by atoms with van der Waals surface area (Å²) in [5, 5.41) is 12.2. The van der Waals surface area contributed by atoms with Crippen LogP contribution in [-0.2, 0) is 0 Å². The molecule has 90 valence electrons. The Balaban J connectivity index is 2.41. The molecule has 2 aromatic carbocycles. The van der Waals surface area contributed by atoms with E-state index in [0.717, 1.165) is 5.56 Å². The number of hydrogen-bond donors (Lipinski definition) is 1. The fourth-order valence-corrected chi connectivity index (χ4v) is 1.83. The SMILES string of the molecule is Cc1ccc(Nc2cccc(Cl)c2C#N)c(F)c1. The van der Waals surface area contributed by atoms with Crippen molar-refractivity contribution in [3.05, 3.63) is 58.4 Å². The Bertz CT molecular complexity index is 632. The van der Waals surface area contributed by atoms with Crippen molar-refractivity contribution < 1.29 is 4.39 Å². The van der Waals surface area contributed by atoms with Crippen LogP contribution in [0.15, 0.2) is 36.4 Å². The fraction of sp³-hybridized carbons (Fsp3) is 0.0714. The van der Waals surface area contributed by atoms with Gasteiger partial charge >= 0.3 is 0 Å². The van der Waals surface area contributed by atoms with E-state index in [4.69, 9.17) is 16.9 Å². The Kier molecular flexibility index (Phi) is 3.50. The summed E-state index contributed by atoms with van der Waals surface area (Å²) >= 11 is 5.90. The summed E-state index contributed by atoms with van der Waals surface area (Å²) in [6.07, 6.45) is 0. The number of rotatable bonds is 2. The molecule has 0 spiro atoms. The number of halogens is 2. The first kappa shape index (κ1) is 12.4. The predicted octanol–water partition coefficient (Wildman–Crippen LogP) is 4.40. The van der Waals surface area contributed by atoms with E-state index >= 15 is 0 Å². The largest absolute Gasteiger partial charge is 0.352 e. The Hall–Kier alpha value is -2.05. The smallest absolute Gasteiger partial charge is 0.146 e. The lowest BCUT2D eigenvalue weighted by atomic mass is 10.1. The second-order valence-electron chi connectivity index (χ2n) is 3.88. The summed E-state index contributed by atoms with van der Waals surface area (Å²) in [5.74, 6) is -0.362. The van der Waals surface area contributed by atoms with Crippen molar-refractivity contribution in [1.82, 2.24) is 0 Å². The quantitative estimate of drug-likeness (QED) is 0.869.